The first kappa shape index (κ1) is 13.3. The second kappa shape index (κ2) is 5.22. The van der Waals surface area contributed by atoms with Crippen LogP contribution in [0.1, 0.15) is 45.2 Å². The van der Waals surface area contributed by atoms with Crippen LogP contribution in [0.2, 0.25) is 0 Å². The normalized spacial score (nSPS) is 19.8. The van der Waals surface area contributed by atoms with Crippen molar-refractivity contribution in [3.63, 3.8) is 0 Å². The van der Waals surface area contributed by atoms with E-state index < -0.39 is 0 Å². The third kappa shape index (κ3) is 2.99. The fourth-order valence-electron chi connectivity index (χ4n) is 2.60. The van der Waals surface area contributed by atoms with E-state index in [1.165, 1.54) is 25.7 Å². The van der Waals surface area contributed by atoms with Crippen molar-refractivity contribution < 1.29 is 0 Å². The summed E-state index contributed by atoms with van der Waals surface area (Å²) in [6, 6.07) is 2.44. The van der Waals surface area contributed by atoms with Gasteiger partial charge in [0.25, 0.3) is 0 Å². The molecule has 0 spiro atoms. The smallest absolute Gasteiger partial charge is 0.225 e. The number of aromatic nitrogens is 2. The fraction of sp³-hybridized carbons (Fsp3) is 0.714. The summed E-state index contributed by atoms with van der Waals surface area (Å²) in [6.07, 6.45) is 6.80. The molecule has 1 aliphatic rings. The zero-order valence-electron chi connectivity index (χ0n) is 11.7. The number of hydrogen-bond donors (Lipinski definition) is 1. The Labute approximate surface area is 110 Å². The molecule has 1 fully saturated rings. The van der Waals surface area contributed by atoms with Gasteiger partial charge in [-0.15, -0.1) is 0 Å². The van der Waals surface area contributed by atoms with Crippen LogP contribution >= 0.6 is 0 Å². The van der Waals surface area contributed by atoms with E-state index in [-0.39, 0.29) is 0 Å². The summed E-state index contributed by atoms with van der Waals surface area (Å²) in [5.74, 6) is 0.808. The molecular formula is C14H24N4. The quantitative estimate of drug-likeness (QED) is 0.892. The number of nitrogens with two attached hydrogens (primary N) is 1. The van der Waals surface area contributed by atoms with Gasteiger partial charge in [0, 0.05) is 25.8 Å². The van der Waals surface area contributed by atoms with E-state index in [9.17, 15) is 0 Å². The maximum absolute atomic E-state index is 5.62. The predicted molar refractivity (Wildman–Crippen MR) is 74.4 cm³/mol. The van der Waals surface area contributed by atoms with Crippen LogP contribution in [0.4, 0.5) is 5.95 Å². The maximum Gasteiger partial charge on any atom is 0.225 e. The molecule has 1 saturated carbocycles. The molecule has 1 heterocycles. The van der Waals surface area contributed by atoms with Crippen molar-refractivity contribution >= 4 is 5.95 Å². The lowest BCUT2D eigenvalue weighted by Crippen LogP contribution is -2.38. The van der Waals surface area contributed by atoms with Crippen LogP contribution in [0, 0.1) is 5.41 Å². The Morgan fingerprint density at radius 3 is 2.67 bits per heavy atom. The highest BCUT2D eigenvalue weighted by Gasteiger charge is 2.29. The first-order valence-corrected chi connectivity index (χ1v) is 6.77. The Morgan fingerprint density at radius 2 is 2.06 bits per heavy atom. The molecule has 1 aromatic heterocycles. The van der Waals surface area contributed by atoms with Gasteiger partial charge in [-0.2, -0.15) is 0 Å². The summed E-state index contributed by atoms with van der Waals surface area (Å²) in [5.41, 5.74) is 7.03. The van der Waals surface area contributed by atoms with E-state index in [0.29, 0.717) is 18.0 Å². The summed E-state index contributed by atoms with van der Waals surface area (Å²) < 4.78 is 0. The molecule has 100 valence electrons. The average molecular weight is 248 g/mol. The highest BCUT2D eigenvalue weighted by molar-refractivity contribution is 5.31. The number of nitrogens with zero attached hydrogens (tertiary/aromatic N) is 3. The molecule has 0 amide bonds. The molecule has 0 saturated heterocycles. The molecular weight excluding hydrogens is 224 g/mol. The minimum absolute atomic E-state index is 0.473. The average Bonchev–Trinajstić information content (AvgIpc) is 2.38. The van der Waals surface area contributed by atoms with Crippen molar-refractivity contribution in [3.05, 3.63) is 18.0 Å². The van der Waals surface area contributed by atoms with Gasteiger partial charge in [-0.3, -0.25) is 0 Å². The van der Waals surface area contributed by atoms with Gasteiger partial charge < -0.3 is 10.6 Å². The largest absolute Gasteiger partial charge is 0.341 e. The van der Waals surface area contributed by atoms with Crippen molar-refractivity contribution in [3.8, 4) is 0 Å². The van der Waals surface area contributed by atoms with Gasteiger partial charge in [0.15, 0.2) is 0 Å². The van der Waals surface area contributed by atoms with Crippen molar-refractivity contribution in [1.82, 2.24) is 9.97 Å². The van der Waals surface area contributed by atoms with Crippen LogP contribution in [-0.2, 0) is 6.54 Å². The molecule has 1 aromatic rings. The van der Waals surface area contributed by atoms with Crippen molar-refractivity contribution in [2.24, 2.45) is 11.1 Å². The molecule has 4 heteroatoms. The lowest BCUT2D eigenvalue weighted by molar-refractivity contribution is 0.222. The molecule has 0 aromatic carbocycles. The standard InChI is InChI=1S/C14H24N4/c1-14(2)7-4-12(5-8-14)18(3)13-16-9-6-11(10-15)17-13/h6,9,12H,4-5,7-8,10,15H2,1-3H3. The first-order valence-electron chi connectivity index (χ1n) is 6.77. The highest BCUT2D eigenvalue weighted by Crippen LogP contribution is 2.37. The second-order valence-electron chi connectivity index (χ2n) is 6.06. The lowest BCUT2D eigenvalue weighted by atomic mass is 9.75. The predicted octanol–water partition coefficient (Wildman–Crippen LogP) is 2.34. The Balaban J connectivity index is 2.05. The molecule has 0 atom stereocenters. The van der Waals surface area contributed by atoms with Gasteiger partial charge in [0.05, 0.1) is 5.69 Å². The molecule has 4 nitrogen and oxygen atoms in total. The third-order valence-corrected chi connectivity index (χ3v) is 4.08. The highest BCUT2D eigenvalue weighted by atomic mass is 15.3. The summed E-state index contributed by atoms with van der Waals surface area (Å²) in [7, 11) is 2.10. The Hall–Kier alpha value is -1.16. The maximum atomic E-state index is 5.62. The summed E-state index contributed by atoms with van der Waals surface area (Å²) >= 11 is 0. The Bertz CT molecular complexity index is 393. The SMILES string of the molecule is CN(c1nccc(CN)n1)C1CCC(C)(C)CC1. The van der Waals surface area contributed by atoms with E-state index in [1.807, 2.05) is 6.07 Å². The van der Waals surface area contributed by atoms with E-state index in [0.717, 1.165) is 11.6 Å². The van der Waals surface area contributed by atoms with Crippen LogP contribution in [0.3, 0.4) is 0 Å². The van der Waals surface area contributed by atoms with E-state index >= 15 is 0 Å². The number of hydrogen-bond acceptors (Lipinski definition) is 4. The number of rotatable bonds is 3. The van der Waals surface area contributed by atoms with Crippen molar-refractivity contribution in [2.75, 3.05) is 11.9 Å². The Kier molecular flexibility index (Phi) is 3.85. The van der Waals surface area contributed by atoms with Gasteiger partial charge in [-0.1, -0.05) is 13.8 Å². The zero-order valence-corrected chi connectivity index (χ0v) is 11.7. The fourth-order valence-corrected chi connectivity index (χ4v) is 2.60. The summed E-state index contributed by atoms with van der Waals surface area (Å²) in [4.78, 5) is 11.1. The van der Waals surface area contributed by atoms with Crippen molar-refractivity contribution in [1.29, 1.82) is 0 Å². The minimum atomic E-state index is 0.473. The molecule has 0 unspecified atom stereocenters. The zero-order chi connectivity index (χ0) is 13.2. The van der Waals surface area contributed by atoms with E-state index in [4.69, 9.17) is 5.73 Å². The van der Waals surface area contributed by atoms with E-state index in [1.54, 1.807) is 6.20 Å². The van der Waals surface area contributed by atoms with Crippen LogP contribution in [0.5, 0.6) is 0 Å². The van der Waals surface area contributed by atoms with Crippen LogP contribution in [-0.4, -0.2) is 23.1 Å². The second-order valence-corrected chi connectivity index (χ2v) is 6.06. The molecule has 18 heavy (non-hydrogen) atoms. The lowest BCUT2D eigenvalue weighted by Gasteiger charge is -2.38. The number of anilines is 1. The molecule has 2 rings (SSSR count). The molecule has 0 bridgehead atoms. The van der Waals surface area contributed by atoms with Gasteiger partial charge in [-0.05, 0) is 37.2 Å². The molecule has 0 aliphatic heterocycles. The van der Waals surface area contributed by atoms with Crippen molar-refractivity contribution in [2.45, 2.75) is 52.1 Å². The first-order chi connectivity index (χ1) is 8.52. The topological polar surface area (TPSA) is 55.0 Å². The monoisotopic (exact) mass is 248 g/mol. The third-order valence-electron chi connectivity index (χ3n) is 4.08. The van der Waals surface area contributed by atoms with Crippen LogP contribution < -0.4 is 10.6 Å². The summed E-state index contributed by atoms with van der Waals surface area (Å²) in [6.45, 7) is 5.19. The Morgan fingerprint density at radius 1 is 1.39 bits per heavy atom. The molecule has 1 aliphatic carbocycles. The minimum Gasteiger partial charge on any atom is -0.341 e. The van der Waals surface area contributed by atoms with Crippen LogP contribution in [0.25, 0.3) is 0 Å². The van der Waals surface area contributed by atoms with Gasteiger partial charge in [0.1, 0.15) is 0 Å². The molecule has 0 radical (unpaired) electrons. The van der Waals surface area contributed by atoms with Gasteiger partial charge in [-0.25, -0.2) is 9.97 Å². The molecule has 2 N–H and O–H groups in total. The van der Waals surface area contributed by atoms with Gasteiger partial charge in [0.2, 0.25) is 5.95 Å². The summed E-state index contributed by atoms with van der Waals surface area (Å²) in [5, 5.41) is 0. The van der Waals surface area contributed by atoms with Crippen LogP contribution in [0.15, 0.2) is 12.3 Å². The van der Waals surface area contributed by atoms with E-state index in [2.05, 4.69) is 35.8 Å². The van der Waals surface area contributed by atoms with Gasteiger partial charge >= 0.3 is 0 Å².